The van der Waals surface area contributed by atoms with Crippen LogP contribution < -0.4 is 10.6 Å². The summed E-state index contributed by atoms with van der Waals surface area (Å²) < 4.78 is 10.9. The van der Waals surface area contributed by atoms with Gasteiger partial charge in [0.25, 0.3) is 0 Å². The Morgan fingerprint density at radius 3 is 0.950 bits per heavy atom. The second-order valence-corrected chi connectivity index (χ2v) is 17.6. The summed E-state index contributed by atoms with van der Waals surface area (Å²) in [6.07, 6.45) is 41.7. The number of carbonyl (C=O) groups excluding carboxylic acids is 2. The van der Waals surface area contributed by atoms with E-state index < -0.39 is 12.2 Å². The molecule has 0 saturated heterocycles. The van der Waals surface area contributed by atoms with Gasteiger partial charge < -0.3 is 19.3 Å². The number of nitrogens with zero attached hydrogens (tertiary/aromatic N) is 2. The van der Waals surface area contributed by atoms with Crippen LogP contribution in [0.4, 0.5) is 21.0 Å². The van der Waals surface area contributed by atoms with Crippen LogP contribution in [0.15, 0.2) is 24.3 Å². The molecular formula is C52H98N4O4. The third-order valence-corrected chi connectivity index (χ3v) is 12.1. The van der Waals surface area contributed by atoms with E-state index >= 15 is 0 Å². The molecule has 0 atom stereocenters. The first-order chi connectivity index (χ1) is 29.5. The molecule has 2 amide bonds. The molecule has 0 bridgehead atoms. The second-order valence-electron chi connectivity index (χ2n) is 17.6. The summed E-state index contributed by atoms with van der Waals surface area (Å²) in [5.41, 5.74) is 1.14. The number of unbranched alkanes of at least 4 members (excludes halogenated alkanes) is 28. The monoisotopic (exact) mass is 843 g/mol. The van der Waals surface area contributed by atoms with Gasteiger partial charge in [-0.15, -0.1) is 0 Å². The lowest BCUT2D eigenvalue weighted by Crippen LogP contribution is -2.26. The van der Waals surface area contributed by atoms with Gasteiger partial charge in [-0.3, -0.25) is 10.6 Å². The first-order valence-corrected chi connectivity index (χ1v) is 25.9. The number of carbonyl (C=O) groups is 2. The first kappa shape index (κ1) is 55.7. The summed E-state index contributed by atoms with van der Waals surface area (Å²) in [5, 5.41) is 5.57. The number of ether oxygens (including phenoxy) is 2. The highest BCUT2D eigenvalue weighted by atomic mass is 16.6. The Morgan fingerprint density at radius 1 is 0.400 bits per heavy atom. The molecule has 0 fully saturated rings. The van der Waals surface area contributed by atoms with Crippen molar-refractivity contribution in [3.05, 3.63) is 24.3 Å². The Hall–Kier alpha value is -2.32. The molecule has 2 N–H and O–H groups in total. The van der Waals surface area contributed by atoms with Crippen molar-refractivity contribution >= 4 is 23.6 Å². The van der Waals surface area contributed by atoms with Gasteiger partial charge in [0.05, 0.1) is 13.2 Å². The van der Waals surface area contributed by atoms with Crippen LogP contribution >= 0.6 is 0 Å². The van der Waals surface area contributed by atoms with Crippen molar-refractivity contribution in [2.75, 3.05) is 63.1 Å². The van der Waals surface area contributed by atoms with E-state index in [1.165, 1.54) is 180 Å². The standard InChI is InChI=1S/C52H98N4O4/c1-5-9-11-13-15-17-19-21-23-25-27-29-31-33-42-55(7-3)44-35-37-46-59-51(57)53-49-40-39-41-50(48-49)54-52(58)60-47-38-36-45-56(8-4)43-34-32-30-28-26-24-22-20-18-16-14-12-10-6-2/h39-41,48H,5-38,42-47H2,1-4H3,(H,53,57)(H,54,58). The molecule has 8 nitrogen and oxygen atoms in total. The zero-order chi connectivity index (χ0) is 43.4. The van der Waals surface area contributed by atoms with Crippen LogP contribution in [0.25, 0.3) is 0 Å². The van der Waals surface area contributed by atoms with Gasteiger partial charge in [0.15, 0.2) is 0 Å². The summed E-state index contributed by atoms with van der Waals surface area (Å²) >= 11 is 0. The lowest BCUT2D eigenvalue weighted by atomic mass is 10.0. The topological polar surface area (TPSA) is 83.1 Å². The van der Waals surface area contributed by atoms with Gasteiger partial charge in [-0.05, 0) is 96.0 Å². The summed E-state index contributed by atoms with van der Waals surface area (Å²) in [7, 11) is 0. The highest BCUT2D eigenvalue weighted by molar-refractivity contribution is 5.88. The Bertz CT molecular complexity index is 1010. The van der Waals surface area contributed by atoms with E-state index in [0.29, 0.717) is 24.6 Å². The van der Waals surface area contributed by atoms with Crippen LogP contribution in [0.1, 0.15) is 233 Å². The predicted octanol–water partition coefficient (Wildman–Crippen LogP) is 16.0. The molecule has 0 saturated carbocycles. The van der Waals surface area contributed by atoms with Crippen molar-refractivity contribution in [1.82, 2.24) is 9.80 Å². The molecule has 0 unspecified atom stereocenters. The number of hydrogen-bond acceptors (Lipinski definition) is 6. The molecule has 60 heavy (non-hydrogen) atoms. The molecule has 350 valence electrons. The number of nitrogens with one attached hydrogen (secondary N) is 2. The van der Waals surface area contributed by atoms with Crippen molar-refractivity contribution in [2.45, 2.75) is 233 Å². The molecule has 0 aliphatic rings. The van der Waals surface area contributed by atoms with E-state index in [4.69, 9.17) is 9.47 Å². The average Bonchev–Trinajstić information content (AvgIpc) is 3.25. The third kappa shape index (κ3) is 36.3. The minimum absolute atomic E-state index is 0.391. The summed E-state index contributed by atoms with van der Waals surface area (Å²) in [5.74, 6) is 0. The van der Waals surface area contributed by atoms with Gasteiger partial charge in [-0.2, -0.15) is 0 Å². The SMILES string of the molecule is CCCCCCCCCCCCCCCCN(CC)CCCCOC(=O)Nc1cccc(NC(=O)OCCCCN(CC)CCCCCCCCCCCCCCCC)c1. The summed E-state index contributed by atoms with van der Waals surface area (Å²) in [6.45, 7) is 16.4. The Labute approximate surface area is 371 Å². The second kappa shape index (κ2) is 43.3. The van der Waals surface area contributed by atoms with Gasteiger partial charge >= 0.3 is 12.2 Å². The molecule has 0 aliphatic heterocycles. The van der Waals surface area contributed by atoms with Gasteiger partial charge in [0.2, 0.25) is 0 Å². The molecule has 1 aromatic rings. The van der Waals surface area contributed by atoms with Gasteiger partial charge in [-0.25, -0.2) is 9.59 Å². The number of hydrogen-bond donors (Lipinski definition) is 2. The fourth-order valence-corrected chi connectivity index (χ4v) is 8.10. The van der Waals surface area contributed by atoms with Crippen molar-refractivity contribution in [1.29, 1.82) is 0 Å². The van der Waals surface area contributed by atoms with Crippen LogP contribution in [0, 0.1) is 0 Å². The largest absolute Gasteiger partial charge is 0.449 e. The minimum Gasteiger partial charge on any atom is -0.449 e. The predicted molar refractivity (Wildman–Crippen MR) is 260 cm³/mol. The average molecular weight is 843 g/mol. The molecule has 0 radical (unpaired) electrons. The third-order valence-electron chi connectivity index (χ3n) is 12.1. The summed E-state index contributed by atoms with van der Waals surface area (Å²) in [6, 6.07) is 7.08. The molecule has 0 aliphatic carbocycles. The number of benzene rings is 1. The van der Waals surface area contributed by atoms with Gasteiger partial charge in [0, 0.05) is 11.4 Å². The Balaban J connectivity index is 2.04. The van der Waals surface area contributed by atoms with Gasteiger partial charge in [0.1, 0.15) is 0 Å². The van der Waals surface area contributed by atoms with E-state index in [9.17, 15) is 9.59 Å². The Kier molecular flexibility index (Phi) is 40.2. The normalized spacial score (nSPS) is 11.4. The molecule has 0 heterocycles. The minimum atomic E-state index is -0.477. The number of anilines is 2. The molecular weight excluding hydrogens is 745 g/mol. The quantitative estimate of drug-likeness (QED) is 0.0637. The van der Waals surface area contributed by atoms with Crippen molar-refractivity contribution in [3.8, 4) is 0 Å². The fraction of sp³-hybridized carbons (Fsp3) is 0.846. The van der Waals surface area contributed by atoms with E-state index in [-0.39, 0.29) is 0 Å². The fourth-order valence-electron chi connectivity index (χ4n) is 8.10. The van der Waals surface area contributed by atoms with E-state index in [1.54, 1.807) is 24.3 Å². The zero-order valence-corrected chi connectivity index (χ0v) is 40.1. The zero-order valence-electron chi connectivity index (χ0n) is 40.1. The molecule has 1 aromatic carbocycles. The van der Waals surface area contributed by atoms with Crippen LogP contribution in [0.2, 0.25) is 0 Å². The number of amides is 2. The lowest BCUT2D eigenvalue weighted by molar-refractivity contribution is 0.156. The highest BCUT2D eigenvalue weighted by Gasteiger charge is 2.09. The number of rotatable bonds is 44. The van der Waals surface area contributed by atoms with Crippen LogP contribution in [-0.4, -0.2) is 74.5 Å². The van der Waals surface area contributed by atoms with Gasteiger partial charge in [-0.1, -0.05) is 201 Å². The molecule has 1 rings (SSSR count). The first-order valence-electron chi connectivity index (χ1n) is 25.9. The van der Waals surface area contributed by atoms with Crippen LogP contribution in [0.5, 0.6) is 0 Å². The summed E-state index contributed by atoms with van der Waals surface area (Å²) in [4.78, 5) is 29.9. The van der Waals surface area contributed by atoms with Crippen molar-refractivity contribution in [3.63, 3.8) is 0 Å². The van der Waals surface area contributed by atoms with E-state index in [0.717, 1.165) is 65.0 Å². The maximum absolute atomic E-state index is 12.4. The van der Waals surface area contributed by atoms with Crippen molar-refractivity contribution < 1.29 is 19.1 Å². The smallest absolute Gasteiger partial charge is 0.411 e. The van der Waals surface area contributed by atoms with E-state index in [1.807, 2.05) is 0 Å². The maximum Gasteiger partial charge on any atom is 0.411 e. The molecule has 0 aromatic heterocycles. The van der Waals surface area contributed by atoms with E-state index in [2.05, 4.69) is 48.1 Å². The highest BCUT2D eigenvalue weighted by Crippen LogP contribution is 2.17. The van der Waals surface area contributed by atoms with Crippen LogP contribution in [-0.2, 0) is 9.47 Å². The van der Waals surface area contributed by atoms with Crippen molar-refractivity contribution in [2.24, 2.45) is 0 Å². The van der Waals surface area contributed by atoms with Crippen LogP contribution in [0.3, 0.4) is 0 Å². The lowest BCUT2D eigenvalue weighted by Gasteiger charge is -2.20. The molecule has 8 heteroatoms. The maximum atomic E-state index is 12.4. The Morgan fingerprint density at radius 2 is 0.667 bits per heavy atom. The molecule has 0 spiro atoms.